The quantitative estimate of drug-likeness (QED) is 0.350. The Hall–Kier alpha value is -3.53. The summed E-state index contributed by atoms with van der Waals surface area (Å²) in [4.78, 5) is 18.5. The average Bonchev–Trinajstić information content (AvgIpc) is 3.14. The van der Waals surface area contributed by atoms with E-state index in [4.69, 9.17) is 4.74 Å². The standard InChI is InChI=1S/C24H21F3N4O2S/c1-14-21(29-23(32)18-12-20(33-2)28-19-7-5-4-6-17(18)19)22(24(25,26)27)30-31(14)13-15-8-10-16(34-3)11-9-15/h4-12H,13H2,1-3H3,(H,29,32). The Morgan fingerprint density at radius 1 is 1.15 bits per heavy atom. The molecule has 2 heterocycles. The Bertz CT molecular complexity index is 1350. The van der Waals surface area contributed by atoms with Crippen molar-refractivity contribution in [3.63, 3.8) is 0 Å². The maximum absolute atomic E-state index is 13.8. The Balaban J connectivity index is 1.72. The van der Waals surface area contributed by atoms with Crippen molar-refractivity contribution in [2.24, 2.45) is 0 Å². The first-order valence-corrected chi connectivity index (χ1v) is 11.5. The van der Waals surface area contributed by atoms with Crippen molar-refractivity contribution in [3.8, 4) is 5.88 Å². The fraction of sp³-hybridized carbons (Fsp3) is 0.208. The molecular weight excluding hydrogens is 465 g/mol. The van der Waals surface area contributed by atoms with E-state index in [0.29, 0.717) is 10.9 Å². The molecule has 0 atom stereocenters. The lowest BCUT2D eigenvalue weighted by molar-refractivity contribution is -0.140. The molecule has 0 aliphatic carbocycles. The van der Waals surface area contributed by atoms with Crippen LogP contribution in [0.3, 0.4) is 0 Å². The normalized spacial score (nSPS) is 11.6. The molecule has 6 nitrogen and oxygen atoms in total. The van der Waals surface area contributed by atoms with Crippen LogP contribution < -0.4 is 10.1 Å². The third-order valence-corrected chi connectivity index (χ3v) is 6.09. The molecule has 0 bridgehead atoms. The smallest absolute Gasteiger partial charge is 0.437 e. The van der Waals surface area contributed by atoms with Crippen molar-refractivity contribution >= 4 is 34.3 Å². The SMILES string of the molecule is COc1cc(C(=O)Nc2c(C(F)(F)F)nn(Cc3ccc(SC)cc3)c2C)c2ccccc2n1. The third kappa shape index (κ3) is 4.72. The number of amides is 1. The summed E-state index contributed by atoms with van der Waals surface area (Å²) in [7, 11) is 1.40. The number of thioether (sulfide) groups is 1. The van der Waals surface area contributed by atoms with Crippen molar-refractivity contribution in [2.45, 2.75) is 24.5 Å². The molecule has 2 aromatic heterocycles. The van der Waals surface area contributed by atoms with Crippen molar-refractivity contribution in [1.29, 1.82) is 0 Å². The van der Waals surface area contributed by atoms with Crippen LogP contribution in [0.4, 0.5) is 18.9 Å². The van der Waals surface area contributed by atoms with Gasteiger partial charge in [0.2, 0.25) is 5.88 Å². The summed E-state index contributed by atoms with van der Waals surface area (Å²) < 4.78 is 47.9. The molecule has 0 saturated heterocycles. The molecule has 10 heteroatoms. The number of nitrogens with one attached hydrogen (secondary N) is 1. The van der Waals surface area contributed by atoms with Gasteiger partial charge in [0.05, 0.1) is 36.1 Å². The van der Waals surface area contributed by atoms with Crippen LogP contribution in [0.5, 0.6) is 5.88 Å². The number of carbonyl (C=O) groups is 1. The lowest BCUT2D eigenvalue weighted by atomic mass is 10.1. The van der Waals surface area contributed by atoms with Crippen molar-refractivity contribution in [2.75, 3.05) is 18.7 Å². The minimum absolute atomic E-state index is 0.130. The van der Waals surface area contributed by atoms with Gasteiger partial charge >= 0.3 is 6.18 Å². The van der Waals surface area contributed by atoms with Gasteiger partial charge in [-0.3, -0.25) is 9.48 Å². The van der Waals surface area contributed by atoms with Crippen molar-refractivity contribution in [3.05, 3.63) is 77.1 Å². The lowest BCUT2D eigenvalue weighted by Gasteiger charge is -2.12. The summed E-state index contributed by atoms with van der Waals surface area (Å²) >= 11 is 1.57. The Morgan fingerprint density at radius 2 is 1.85 bits per heavy atom. The number of hydrogen-bond acceptors (Lipinski definition) is 5. The van der Waals surface area contributed by atoms with Crippen LogP contribution in [0.1, 0.15) is 27.3 Å². The molecule has 176 valence electrons. The largest absolute Gasteiger partial charge is 0.481 e. The van der Waals surface area contributed by atoms with Gasteiger partial charge in [-0.25, -0.2) is 4.98 Å². The van der Waals surface area contributed by atoms with Crippen LogP contribution in [0.2, 0.25) is 0 Å². The van der Waals surface area contributed by atoms with Crippen molar-refractivity contribution < 1.29 is 22.7 Å². The molecule has 0 aliphatic heterocycles. The number of para-hydroxylation sites is 1. The number of rotatable bonds is 6. The van der Waals surface area contributed by atoms with E-state index in [9.17, 15) is 18.0 Å². The molecule has 1 N–H and O–H groups in total. The molecule has 4 aromatic rings. The number of anilines is 1. The summed E-state index contributed by atoms with van der Waals surface area (Å²) in [6.07, 6.45) is -2.81. The number of alkyl halides is 3. The predicted octanol–water partition coefficient (Wildman–Crippen LogP) is 5.79. The molecule has 0 saturated carbocycles. The van der Waals surface area contributed by atoms with Gasteiger partial charge in [0, 0.05) is 16.3 Å². The van der Waals surface area contributed by atoms with Gasteiger partial charge in [-0.2, -0.15) is 18.3 Å². The van der Waals surface area contributed by atoms with Crippen LogP contribution in [-0.2, 0) is 12.7 Å². The molecule has 4 rings (SSSR count). The first-order valence-electron chi connectivity index (χ1n) is 10.2. The first-order chi connectivity index (χ1) is 16.2. The van der Waals surface area contributed by atoms with Gasteiger partial charge in [0.25, 0.3) is 5.91 Å². The minimum atomic E-state index is -4.75. The van der Waals surface area contributed by atoms with E-state index in [-0.39, 0.29) is 29.4 Å². The lowest BCUT2D eigenvalue weighted by Crippen LogP contribution is -2.17. The zero-order chi connectivity index (χ0) is 24.5. The number of pyridine rings is 1. The highest BCUT2D eigenvalue weighted by atomic mass is 32.2. The van der Waals surface area contributed by atoms with E-state index in [2.05, 4.69) is 15.4 Å². The fourth-order valence-corrected chi connectivity index (χ4v) is 3.98. The van der Waals surface area contributed by atoms with Gasteiger partial charge in [-0.05, 0) is 36.9 Å². The van der Waals surface area contributed by atoms with Gasteiger partial charge in [-0.1, -0.05) is 30.3 Å². The summed E-state index contributed by atoms with van der Waals surface area (Å²) in [6.45, 7) is 1.63. The number of benzene rings is 2. The average molecular weight is 487 g/mol. The zero-order valence-corrected chi connectivity index (χ0v) is 19.4. The number of hydrogen-bond donors (Lipinski definition) is 1. The highest BCUT2D eigenvalue weighted by Crippen LogP contribution is 2.36. The van der Waals surface area contributed by atoms with Crippen LogP contribution in [-0.4, -0.2) is 34.0 Å². The molecule has 2 aromatic carbocycles. The second-order valence-corrected chi connectivity index (χ2v) is 8.38. The van der Waals surface area contributed by atoms with Gasteiger partial charge in [0.15, 0.2) is 5.69 Å². The Morgan fingerprint density at radius 3 is 2.50 bits per heavy atom. The van der Waals surface area contributed by atoms with E-state index in [1.807, 2.05) is 30.5 Å². The predicted molar refractivity (Wildman–Crippen MR) is 126 cm³/mol. The topological polar surface area (TPSA) is 69.0 Å². The highest BCUT2D eigenvalue weighted by Gasteiger charge is 2.39. The third-order valence-electron chi connectivity index (χ3n) is 5.35. The minimum Gasteiger partial charge on any atom is -0.481 e. The fourth-order valence-electron chi connectivity index (χ4n) is 3.58. The van der Waals surface area contributed by atoms with Crippen LogP contribution in [0.15, 0.2) is 59.5 Å². The zero-order valence-electron chi connectivity index (χ0n) is 18.6. The number of halogens is 3. The van der Waals surface area contributed by atoms with E-state index in [1.165, 1.54) is 24.8 Å². The number of methoxy groups -OCH3 is 1. The number of aromatic nitrogens is 3. The van der Waals surface area contributed by atoms with Crippen LogP contribution in [0.25, 0.3) is 10.9 Å². The number of fused-ring (bicyclic) bond motifs is 1. The van der Waals surface area contributed by atoms with E-state index in [0.717, 1.165) is 10.5 Å². The molecule has 0 spiro atoms. The molecule has 0 aliphatic rings. The number of ether oxygens (including phenoxy) is 1. The van der Waals surface area contributed by atoms with Crippen LogP contribution in [0, 0.1) is 6.92 Å². The van der Waals surface area contributed by atoms with Crippen LogP contribution >= 0.6 is 11.8 Å². The second kappa shape index (κ2) is 9.38. The molecule has 0 fully saturated rings. The summed E-state index contributed by atoms with van der Waals surface area (Å²) in [6, 6.07) is 15.7. The van der Waals surface area contributed by atoms with E-state index < -0.39 is 17.8 Å². The molecule has 0 radical (unpaired) electrons. The monoisotopic (exact) mass is 486 g/mol. The first kappa shape index (κ1) is 23.6. The van der Waals surface area contributed by atoms with Gasteiger partial charge in [-0.15, -0.1) is 11.8 Å². The molecule has 34 heavy (non-hydrogen) atoms. The summed E-state index contributed by atoms with van der Waals surface area (Å²) in [5, 5.41) is 6.73. The molecule has 1 amide bonds. The highest BCUT2D eigenvalue weighted by molar-refractivity contribution is 7.98. The van der Waals surface area contributed by atoms with Crippen molar-refractivity contribution in [1.82, 2.24) is 14.8 Å². The van der Waals surface area contributed by atoms with Gasteiger partial charge in [0.1, 0.15) is 0 Å². The second-order valence-electron chi connectivity index (χ2n) is 7.50. The van der Waals surface area contributed by atoms with E-state index >= 15 is 0 Å². The Labute approximate surface area is 198 Å². The number of carbonyl (C=O) groups excluding carboxylic acids is 1. The van der Waals surface area contributed by atoms with Gasteiger partial charge < -0.3 is 10.1 Å². The maximum atomic E-state index is 13.8. The Kier molecular flexibility index (Phi) is 6.52. The summed E-state index contributed by atoms with van der Waals surface area (Å²) in [5.41, 5.74) is 0.0989. The maximum Gasteiger partial charge on any atom is 0.437 e. The number of nitrogens with zero attached hydrogens (tertiary/aromatic N) is 3. The summed E-state index contributed by atoms with van der Waals surface area (Å²) in [5.74, 6) is -0.532. The molecule has 0 unspecified atom stereocenters. The van der Waals surface area contributed by atoms with E-state index in [1.54, 1.807) is 36.0 Å². The molecular formula is C24H21F3N4O2S.